The number of hydrogen-bond donors (Lipinski definition) is 0. The topological polar surface area (TPSA) is 38.8 Å². The second-order valence-electron chi connectivity index (χ2n) is 4.72. The fourth-order valence-corrected chi connectivity index (χ4v) is 2.22. The van der Waals surface area contributed by atoms with Crippen molar-refractivity contribution in [2.75, 3.05) is 20.8 Å². The van der Waals surface area contributed by atoms with E-state index in [-0.39, 0.29) is 5.91 Å². The third-order valence-electron chi connectivity index (χ3n) is 3.16. The van der Waals surface area contributed by atoms with E-state index in [4.69, 9.17) is 9.47 Å². The minimum Gasteiger partial charge on any atom is -0.493 e. The highest BCUT2D eigenvalue weighted by Crippen LogP contribution is 2.31. The molecule has 1 aromatic rings. The van der Waals surface area contributed by atoms with E-state index in [0.717, 1.165) is 24.9 Å². The van der Waals surface area contributed by atoms with Gasteiger partial charge in [-0.15, -0.1) is 0 Å². The molecule has 0 aliphatic carbocycles. The number of carbonyl (C=O) groups excluding carboxylic acids is 1. The highest BCUT2D eigenvalue weighted by atomic mass is 16.5. The van der Waals surface area contributed by atoms with Crippen LogP contribution in [0.1, 0.15) is 38.7 Å². The highest BCUT2D eigenvalue weighted by molar-refractivity contribution is 5.76. The lowest BCUT2D eigenvalue weighted by atomic mass is 10.1. The number of para-hydroxylation sites is 1. The second-order valence-corrected chi connectivity index (χ2v) is 4.72. The third-order valence-corrected chi connectivity index (χ3v) is 3.16. The van der Waals surface area contributed by atoms with Crippen LogP contribution in [0.4, 0.5) is 0 Å². The molecule has 0 saturated carbocycles. The van der Waals surface area contributed by atoms with E-state index in [0.29, 0.717) is 24.5 Å². The molecule has 0 unspecified atom stereocenters. The number of ether oxygens (including phenoxy) is 2. The third kappa shape index (κ3) is 4.15. The Hall–Kier alpha value is -1.71. The molecular weight excluding hydrogens is 254 g/mol. The first-order chi connectivity index (χ1) is 9.67. The first-order valence-electron chi connectivity index (χ1n) is 7.15. The van der Waals surface area contributed by atoms with Gasteiger partial charge < -0.3 is 14.4 Å². The van der Waals surface area contributed by atoms with E-state index >= 15 is 0 Å². The summed E-state index contributed by atoms with van der Waals surface area (Å²) in [5.41, 5.74) is 0.977. The fraction of sp³-hybridized carbons (Fsp3) is 0.562. The van der Waals surface area contributed by atoms with Crippen LogP contribution in [0.15, 0.2) is 18.2 Å². The molecule has 0 radical (unpaired) electrons. The zero-order valence-corrected chi connectivity index (χ0v) is 12.9. The van der Waals surface area contributed by atoms with Crippen molar-refractivity contribution in [2.45, 2.75) is 39.7 Å². The lowest BCUT2D eigenvalue weighted by molar-refractivity contribution is -0.131. The van der Waals surface area contributed by atoms with Gasteiger partial charge >= 0.3 is 0 Å². The molecule has 1 rings (SSSR count). The maximum atomic E-state index is 12.1. The summed E-state index contributed by atoms with van der Waals surface area (Å²) in [6, 6.07) is 5.76. The van der Waals surface area contributed by atoms with Gasteiger partial charge in [-0.3, -0.25) is 4.79 Å². The van der Waals surface area contributed by atoms with Gasteiger partial charge in [-0.2, -0.15) is 0 Å². The van der Waals surface area contributed by atoms with Gasteiger partial charge in [0.25, 0.3) is 0 Å². The minimum absolute atomic E-state index is 0.194. The van der Waals surface area contributed by atoms with Crippen LogP contribution in [-0.2, 0) is 11.3 Å². The predicted molar refractivity (Wildman–Crippen MR) is 80.2 cm³/mol. The number of nitrogens with zero attached hydrogens (tertiary/aromatic N) is 1. The van der Waals surface area contributed by atoms with Crippen LogP contribution in [0.5, 0.6) is 11.5 Å². The monoisotopic (exact) mass is 279 g/mol. The molecule has 0 N–H and O–H groups in total. The molecule has 0 aromatic heterocycles. The first kappa shape index (κ1) is 16.3. The largest absolute Gasteiger partial charge is 0.493 e. The van der Waals surface area contributed by atoms with Crippen LogP contribution < -0.4 is 9.47 Å². The zero-order chi connectivity index (χ0) is 15.0. The Morgan fingerprint density at radius 3 is 2.45 bits per heavy atom. The Kier molecular flexibility index (Phi) is 6.91. The van der Waals surface area contributed by atoms with Gasteiger partial charge in [0.05, 0.1) is 14.2 Å². The SMILES string of the molecule is CCCC(=O)N(CCC)Cc1cccc(OC)c1OC. The normalized spacial score (nSPS) is 10.2. The van der Waals surface area contributed by atoms with E-state index in [1.54, 1.807) is 14.2 Å². The van der Waals surface area contributed by atoms with Crippen molar-refractivity contribution in [2.24, 2.45) is 0 Å². The molecule has 0 bridgehead atoms. The summed E-state index contributed by atoms with van der Waals surface area (Å²) in [5.74, 6) is 1.60. The Morgan fingerprint density at radius 2 is 1.90 bits per heavy atom. The summed E-state index contributed by atoms with van der Waals surface area (Å²) in [6.45, 7) is 5.43. The summed E-state index contributed by atoms with van der Waals surface area (Å²) >= 11 is 0. The summed E-state index contributed by atoms with van der Waals surface area (Å²) in [6.07, 6.45) is 2.41. The molecule has 4 heteroatoms. The maximum Gasteiger partial charge on any atom is 0.222 e. The molecule has 20 heavy (non-hydrogen) atoms. The van der Waals surface area contributed by atoms with Crippen molar-refractivity contribution >= 4 is 5.91 Å². The summed E-state index contributed by atoms with van der Waals surface area (Å²) in [5, 5.41) is 0. The number of carbonyl (C=O) groups is 1. The number of benzene rings is 1. The van der Waals surface area contributed by atoms with Crippen LogP contribution in [0.25, 0.3) is 0 Å². The van der Waals surface area contributed by atoms with E-state index in [2.05, 4.69) is 6.92 Å². The Labute approximate surface area is 121 Å². The summed E-state index contributed by atoms with van der Waals surface area (Å²) in [4.78, 5) is 14.0. The fourth-order valence-electron chi connectivity index (χ4n) is 2.22. The van der Waals surface area contributed by atoms with Crippen molar-refractivity contribution in [3.63, 3.8) is 0 Å². The molecule has 0 spiro atoms. The number of rotatable bonds is 8. The van der Waals surface area contributed by atoms with Crippen LogP contribution in [0, 0.1) is 0 Å². The van der Waals surface area contributed by atoms with Crippen LogP contribution >= 0.6 is 0 Å². The molecule has 0 aliphatic rings. The molecule has 0 atom stereocenters. The molecule has 0 aliphatic heterocycles. The van der Waals surface area contributed by atoms with Gasteiger partial charge in [0.15, 0.2) is 11.5 Å². The summed E-state index contributed by atoms with van der Waals surface area (Å²) in [7, 11) is 3.24. The second kappa shape index (κ2) is 8.46. The van der Waals surface area contributed by atoms with Crippen LogP contribution in [-0.4, -0.2) is 31.6 Å². The quantitative estimate of drug-likeness (QED) is 0.733. The van der Waals surface area contributed by atoms with Gasteiger partial charge in [0, 0.05) is 25.1 Å². The van der Waals surface area contributed by atoms with E-state index in [1.807, 2.05) is 30.0 Å². The van der Waals surface area contributed by atoms with Crippen molar-refractivity contribution < 1.29 is 14.3 Å². The molecule has 1 amide bonds. The number of methoxy groups -OCH3 is 2. The molecule has 0 saturated heterocycles. The Morgan fingerprint density at radius 1 is 1.15 bits per heavy atom. The zero-order valence-electron chi connectivity index (χ0n) is 12.9. The lowest BCUT2D eigenvalue weighted by Crippen LogP contribution is -2.31. The van der Waals surface area contributed by atoms with Gasteiger partial charge in [0.2, 0.25) is 5.91 Å². The Bertz CT molecular complexity index is 432. The highest BCUT2D eigenvalue weighted by Gasteiger charge is 2.16. The van der Waals surface area contributed by atoms with Crippen molar-refractivity contribution in [3.8, 4) is 11.5 Å². The minimum atomic E-state index is 0.194. The molecule has 1 aromatic carbocycles. The standard InChI is InChI=1S/C16H25NO3/c1-5-8-15(18)17(11-6-2)12-13-9-7-10-14(19-3)16(13)20-4/h7,9-10H,5-6,8,11-12H2,1-4H3. The number of amides is 1. The molecule has 112 valence electrons. The van der Waals surface area contributed by atoms with Gasteiger partial charge in [-0.1, -0.05) is 26.0 Å². The van der Waals surface area contributed by atoms with Gasteiger partial charge in [-0.05, 0) is 18.9 Å². The van der Waals surface area contributed by atoms with Crippen molar-refractivity contribution in [1.82, 2.24) is 4.90 Å². The van der Waals surface area contributed by atoms with Gasteiger partial charge in [0.1, 0.15) is 0 Å². The van der Waals surface area contributed by atoms with Crippen LogP contribution in [0.2, 0.25) is 0 Å². The van der Waals surface area contributed by atoms with Gasteiger partial charge in [-0.25, -0.2) is 0 Å². The maximum absolute atomic E-state index is 12.1. The summed E-state index contributed by atoms with van der Waals surface area (Å²) < 4.78 is 10.7. The van der Waals surface area contributed by atoms with Crippen LogP contribution in [0.3, 0.4) is 0 Å². The van der Waals surface area contributed by atoms with E-state index in [9.17, 15) is 4.79 Å². The molecule has 0 heterocycles. The van der Waals surface area contributed by atoms with Crippen molar-refractivity contribution in [1.29, 1.82) is 0 Å². The smallest absolute Gasteiger partial charge is 0.222 e. The van der Waals surface area contributed by atoms with E-state index < -0.39 is 0 Å². The average Bonchev–Trinajstić information content (AvgIpc) is 2.46. The molecule has 4 nitrogen and oxygen atoms in total. The lowest BCUT2D eigenvalue weighted by Gasteiger charge is -2.23. The first-order valence-corrected chi connectivity index (χ1v) is 7.15. The molecular formula is C16H25NO3. The average molecular weight is 279 g/mol. The number of hydrogen-bond acceptors (Lipinski definition) is 3. The van der Waals surface area contributed by atoms with Crippen molar-refractivity contribution in [3.05, 3.63) is 23.8 Å². The molecule has 0 fully saturated rings. The Balaban J connectivity index is 2.95. The predicted octanol–water partition coefficient (Wildman–Crippen LogP) is 3.24. The van der Waals surface area contributed by atoms with E-state index in [1.165, 1.54) is 0 Å².